The lowest BCUT2D eigenvalue weighted by Crippen LogP contribution is -2.32. The number of aryl methyl sites for hydroxylation is 2. The van der Waals surface area contributed by atoms with Crippen LogP contribution in [0.2, 0.25) is 0 Å². The fourth-order valence-corrected chi connectivity index (χ4v) is 5.30. The van der Waals surface area contributed by atoms with E-state index in [0.29, 0.717) is 30.1 Å². The predicted octanol–water partition coefficient (Wildman–Crippen LogP) is 5.09. The SMILES string of the molecule is Cc1ccc(N2C(=O)[C@@H](Cc3ccccc3C)S/C2=C(/C#N)C(=O)NCCc2ccccc2)cc1. The Hall–Kier alpha value is -3.82. The lowest BCUT2D eigenvalue weighted by atomic mass is 10.0. The quantitative estimate of drug-likeness (QED) is 0.377. The molecule has 6 heteroatoms. The first-order chi connectivity index (χ1) is 17.0. The van der Waals surface area contributed by atoms with Crippen LogP contribution in [-0.2, 0) is 22.4 Å². The van der Waals surface area contributed by atoms with Crippen LogP contribution in [0, 0.1) is 25.2 Å². The van der Waals surface area contributed by atoms with Crippen molar-refractivity contribution in [3.8, 4) is 6.07 Å². The van der Waals surface area contributed by atoms with Crippen LogP contribution in [0.5, 0.6) is 0 Å². The van der Waals surface area contributed by atoms with Crippen LogP contribution >= 0.6 is 11.8 Å². The van der Waals surface area contributed by atoms with Crippen LogP contribution in [0.1, 0.15) is 22.3 Å². The highest BCUT2D eigenvalue weighted by molar-refractivity contribution is 8.05. The number of nitrogens with one attached hydrogen (secondary N) is 1. The number of rotatable bonds is 7. The van der Waals surface area contributed by atoms with Gasteiger partial charge in [0.05, 0.1) is 5.25 Å². The molecule has 0 bridgehead atoms. The van der Waals surface area contributed by atoms with Gasteiger partial charge in [-0.2, -0.15) is 5.26 Å². The second-order valence-corrected chi connectivity index (χ2v) is 9.72. The molecule has 0 radical (unpaired) electrons. The monoisotopic (exact) mass is 481 g/mol. The predicted molar refractivity (Wildman–Crippen MR) is 141 cm³/mol. The van der Waals surface area contributed by atoms with E-state index in [-0.39, 0.29) is 11.5 Å². The highest BCUT2D eigenvalue weighted by Crippen LogP contribution is 2.42. The molecule has 1 saturated heterocycles. The summed E-state index contributed by atoms with van der Waals surface area (Å²) in [5.41, 5.74) is 4.97. The van der Waals surface area contributed by atoms with Crippen LogP contribution in [-0.4, -0.2) is 23.6 Å². The summed E-state index contributed by atoms with van der Waals surface area (Å²) in [7, 11) is 0. The van der Waals surface area contributed by atoms with Crippen LogP contribution in [0.15, 0.2) is 89.5 Å². The van der Waals surface area contributed by atoms with Crippen molar-refractivity contribution in [3.05, 3.63) is 112 Å². The Bertz CT molecular complexity index is 1290. The Kier molecular flexibility index (Phi) is 7.69. The van der Waals surface area contributed by atoms with Crippen LogP contribution in [0.25, 0.3) is 0 Å². The van der Waals surface area contributed by atoms with Crippen molar-refractivity contribution in [2.24, 2.45) is 0 Å². The molecular weight excluding hydrogens is 454 g/mol. The minimum absolute atomic E-state index is 0.0377. The van der Waals surface area contributed by atoms with E-state index in [0.717, 1.165) is 22.3 Å². The van der Waals surface area contributed by atoms with Crippen LogP contribution < -0.4 is 10.2 Å². The molecule has 0 saturated carbocycles. The summed E-state index contributed by atoms with van der Waals surface area (Å²) in [5.74, 6) is -0.589. The van der Waals surface area contributed by atoms with Gasteiger partial charge in [0.1, 0.15) is 16.7 Å². The number of benzene rings is 3. The first-order valence-electron chi connectivity index (χ1n) is 11.6. The third-order valence-electron chi connectivity index (χ3n) is 6.01. The van der Waals surface area contributed by atoms with E-state index in [1.54, 1.807) is 0 Å². The first kappa shape index (κ1) is 24.3. The zero-order valence-electron chi connectivity index (χ0n) is 19.8. The maximum absolute atomic E-state index is 13.6. The fraction of sp³-hybridized carbons (Fsp3) is 0.207. The summed E-state index contributed by atoms with van der Waals surface area (Å²) in [6, 6.07) is 27.4. The summed E-state index contributed by atoms with van der Waals surface area (Å²) >= 11 is 1.29. The maximum Gasteiger partial charge on any atom is 0.264 e. The second-order valence-electron chi connectivity index (χ2n) is 8.53. The molecule has 3 aromatic rings. The molecule has 1 N–H and O–H groups in total. The maximum atomic E-state index is 13.6. The Balaban J connectivity index is 1.62. The number of nitriles is 1. The largest absolute Gasteiger partial charge is 0.351 e. The van der Waals surface area contributed by atoms with Crippen molar-refractivity contribution in [2.45, 2.75) is 31.9 Å². The zero-order valence-corrected chi connectivity index (χ0v) is 20.6. The van der Waals surface area contributed by atoms with Crippen molar-refractivity contribution in [2.75, 3.05) is 11.4 Å². The van der Waals surface area contributed by atoms with E-state index < -0.39 is 11.2 Å². The smallest absolute Gasteiger partial charge is 0.264 e. The Morgan fingerprint density at radius 1 is 1.00 bits per heavy atom. The molecule has 0 aromatic heterocycles. The van der Waals surface area contributed by atoms with Gasteiger partial charge in [-0.3, -0.25) is 14.5 Å². The highest BCUT2D eigenvalue weighted by Gasteiger charge is 2.40. The standard InChI is InChI=1S/C29H27N3O2S/c1-20-12-14-24(15-13-20)32-28(34)26(18-23-11-7-6-8-21(23)2)35-29(32)25(19-30)27(33)31-17-16-22-9-4-3-5-10-22/h3-15,26H,16-18H2,1-2H3,(H,31,33)/b29-25-/t26-/m1/s1. The Morgan fingerprint density at radius 2 is 1.69 bits per heavy atom. The number of thioether (sulfide) groups is 1. The van der Waals surface area contributed by atoms with E-state index >= 15 is 0 Å². The van der Waals surface area contributed by atoms with Crippen LogP contribution in [0.3, 0.4) is 0 Å². The normalized spacial score (nSPS) is 16.7. The molecule has 35 heavy (non-hydrogen) atoms. The molecule has 1 aliphatic rings. The van der Waals surface area contributed by atoms with Gasteiger partial charge in [0.25, 0.3) is 5.91 Å². The summed E-state index contributed by atoms with van der Waals surface area (Å²) < 4.78 is 0. The molecule has 4 rings (SSSR count). The summed E-state index contributed by atoms with van der Waals surface area (Å²) in [6.07, 6.45) is 1.18. The first-order valence-corrected chi connectivity index (χ1v) is 12.4. The van der Waals surface area contributed by atoms with Gasteiger partial charge in [-0.1, -0.05) is 84.1 Å². The second kappa shape index (κ2) is 11.1. The van der Waals surface area contributed by atoms with Crippen molar-refractivity contribution in [1.82, 2.24) is 5.32 Å². The van der Waals surface area contributed by atoms with Crippen molar-refractivity contribution < 1.29 is 9.59 Å². The average Bonchev–Trinajstić information content (AvgIpc) is 3.17. The molecule has 5 nitrogen and oxygen atoms in total. The van der Waals surface area contributed by atoms with Crippen molar-refractivity contribution >= 4 is 29.3 Å². The lowest BCUT2D eigenvalue weighted by Gasteiger charge is -2.19. The Labute approximate surface area is 210 Å². The van der Waals surface area contributed by atoms with Crippen molar-refractivity contribution in [3.63, 3.8) is 0 Å². The third kappa shape index (κ3) is 5.64. The van der Waals surface area contributed by atoms with Gasteiger partial charge in [0, 0.05) is 12.2 Å². The average molecular weight is 482 g/mol. The van der Waals surface area contributed by atoms with Crippen molar-refractivity contribution in [1.29, 1.82) is 5.26 Å². The topological polar surface area (TPSA) is 73.2 Å². The van der Waals surface area contributed by atoms with Gasteiger partial charge < -0.3 is 5.32 Å². The molecule has 0 aliphatic carbocycles. The highest BCUT2D eigenvalue weighted by atomic mass is 32.2. The van der Waals surface area contributed by atoms with Gasteiger partial charge in [0.2, 0.25) is 5.91 Å². The third-order valence-corrected chi connectivity index (χ3v) is 7.27. The number of anilines is 1. The molecule has 1 fully saturated rings. The number of amides is 2. The van der Waals surface area contributed by atoms with E-state index in [2.05, 4.69) is 11.4 Å². The minimum Gasteiger partial charge on any atom is -0.351 e. The zero-order chi connectivity index (χ0) is 24.8. The van der Waals surface area contributed by atoms with E-state index in [1.165, 1.54) is 16.7 Å². The minimum atomic E-state index is -0.465. The van der Waals surface area contributed by atoms with Gasteiger partial charge in [-0.15, -0.1) is 0 Å². The van der Waals surface area contributed by atoms with Gasteiger partial charge >= 0.3 is 0 Å². The van der Waals surface area contributed by atoms with E-state index in [1.807, 2.05) is 92.7 Å². The summed E-state index contributed by atoms with van der Waals surface area (Å²) in [4.78, 5) is 28.2. The molecule has 0 spiro atoms. The van der Waals surface area contributed by atoms with Gasteiger partial charge in [0.15, 0.2) is 0 Å². The number of hydrogen-bond donors (Lipinski definition) is 1. The molecular formula is C29H27N3O2S. The number of hydrogen-bond acceptors (Lipinski definition) is 4. The van der Waals surface area contributed by atoms with Crippen LogP contribution in [0.4, 0.5) is 5.69 Å². The van der Waals surface area contributed by atoms with E-state index in [4.69, 9.17) is 0 Å². The number of carbonyl (C=O) groups is 2. The van der Waals surface area contributed by atoms with Gasteiger partial charge in [-0.05, 0) is 55.5 Å². The number of carbonyl (C=O) groups excluding carboxylic acids is 2. The molecule has 3 aromatic carbocycles. The molecule has 1 heterocycles. The molecule has 176 valence electrons. The fourth-order valence-electron chi connectivity index (χ4n) is 4.01. The molecule has 0 unspecified atom stereocenters. The summed E-state index contributed by atoms with van der Waals surface area (Å²) in [6.45, 7) is 4.40. The lowest BCUT2D eigenvalue weighted by molar-refractivity contribution is -0.117. The number of nitrogens with zero attached hydrogens (tertiary/aromatic N) is 2. The molecule has 2 amide bonds. The van der Waals surface area contributed by atoms with Gasteiger partial charge in [-0.25, -0.2) is 0 Å². The Morgan fingerprint density at radius 3 is 2.37 bits per heavy atom. The summed E-state index contributed by atoms with van der Waals surface area (Å²) in [5, 5.41) is 12.8. The molecule has 1 atom stereocenters. The molecule has 1 aliphatic heterocycles. The van der Waals surface area contributed by atoms with E-state index in [9.17, 15) is 14.9 Å².